The van der Waals surface area contributed by atoms with Crippen LogP contribution in [0, 0.1) is 0 Å². The summed E-state index contributed by atoms with van der Waals surface area (Å²) in [5.41, 5.74) is 0.666. The molecule has 3 N–H and O–H groups in total. The van der Waals surface area contributed by atoms with Crippen molar-refractivity contribution in [3.8, 4) is 11.5 Å². The second kappa shape index (κ2) is 9.36. The molecule has 0 spiro atoms. The molecule has 7 heteroatoms. The van der Waals surface area contributed by atoms with Gasteiger partial charge in [0.2, 0.25) is 0 Å². The van der Waals surface area contributed by atoms with E-state index in [0.717, 1.165) is 5.75 Å². The Morgan fingerprint density at radius 3 is 2.37 bits per heavy atom. The number of anilines is 1. The summed E-state index contributed by atoms with van der Waals surface area (Å²) in [5.74, 6) is 1.39. The lowest BCUT2D eigenvalue weighted by atomic mass is 10.1. The summed E-state index contributed by atoms with van der Waals surface area (Å²) >= 11 is 0. The molecule has 0 saturated carbocycles. The van der Waals surface area contributed by atoms with Gasteiger partial charge in [-0.1, -0.05) is 24.3 Å². The highest BCUT2D eigenvalue weighted by atomic mass is 16.5. The number of benzene rings is 2. The monoisotopic (exact) mass is 371 g/mol. The van der Waals surface area contributed by atoms with Crippen molar-refractivity contribution < 1.29 is 19.7 Å². The van der Waals surface area contributed by atoms with Gasteiger partial charge in [-0.15, -0.1) is 0 Å². The normalized spacial score (nSPS) is 14.1. The van der Waals surface area contributed by atoms with Gasteiger partial charge in [-0.25, -0.2) is 4.79 Å². The Labute approximate surface area is 158 Å². The molecule has 0 bridgehead atoms. The maximum Gasteiger partial charge on any atom is 0.321 e. The van der Waals surface area contributed by atoms with Crippen LogP contribution in [-0.4, -0.2) is 71.5 Å². The topological polar surface area (TPSA) is 85.3 Å². The molecule has 144 valence electrons. The third kappa shape index (κ3) is 5.19. The highest BCUT2D eigenvalue weighted by molar-refractivity contribution is 5.90. The second-order valence-electron chi connectivity index (χ2n) is 6.42. The zero-order valence-electron chi connectivity index (χ0n) is 15.1. The molecular weight excluding hydrogens is 346 g/mol. The second-order valence-corrected chi connectivity index (χ2v) is 6.42. The van der Waals surface area contributed by atoms with Gasteiger partial charge >= 0.3 is 6.03 Å². The zero-order valence-corrected chi connectivity index (χ0v) is 15.1. The van der Waals surface area contributed by atoms with E-state index in [1.54, 1.807) is 11.0 Å². The van der Waals surface area contributed by atoms with Crippen molar-refractivity contribution in [2.75, 3.05) is 44.7 Å². The third-order valence-electron chi connectivity index (χ3n) is 4.50. The summed E-state index contributed by atoms with van der Waals surface area (Å²) in [4.78, 5) is 16.1. The minimum absolute atomic E-state index is 0.0386. The molecule has 2 amide bonds. The minimum atomic E-state index is -0.170. The molecule has 2 aromatic carbocycles. The molecule has 1 aliphatic heterocycles. The Morgan fingerprint density at radius 2 is 1.70 bits per heavy atom. The number of nitrogens with one attached hydrogen (secondary N) is 1. The first-order valence-electron chi connectivity index (χ1n) is 9.04. The predicted octanol–water partition coefficient (Wildman–Crippen LogP) is 1.98. The van der Waals surface area contributed by atoms with E-state index in [0.29, 0.717) is 37.6 Å². The first-order valence-corrected chi connectivity index (χ1v) is 9.04. The van der Waals surface area contributed by atoms with Crippen molar-refractivity contribution in [2.45, 2.75) is 6.04 Å². The van der Waals surface area contributed by atoms with E-state index in [-0.39, 0.29) is 25.3 Å². The fraction of sp³-hybridized carbons (Fsp3) is 0.350. The fourth-order valence-corrected chi connectivity index (χ4v) is 3.05. The Bertz CT molecular complexity index is 729. The van der Waals surface area contributed by atoms with E-state index >= 15 is 0 Å². The number of likely N-dealkylation sites (tertiary alicyclic amines) is 1. The number of urea groups is 1. The van der Waals surface area contributed by atoms with Gasteiger partial charge in [0.05, 0.1) is 13.2 Å². The molecule has 3 rings (SSSR count). The Balaban J connectivity index is 1.52. The average Bonchev–Trinajstić information content (AvgIpc) is 2.62. The van der Waals surface area contributed by atoms with E-state index in [4.69, 9.17) is 14.9 Å². The van der Waals surface area contributed by atoms with E-state index in [2.05, 4.69) is 5.32 Å². The van der Waals surface area contributed by atoms with Gasteiger partial charge in [-0.3, -0.25) is 4.90 Å². The van der Waals surface area contributed by atoms with Crippen LogP contribution in [0.1, 0.15) is 0 Å². The lowest BCUT2D eigenvalue weighted by Crippen LogP contribution is -2.62. The van der Waals surface area contributed by atoms with E-state index in [9.17, 15) is 4.79 Å². The Hall–Kier alpha value is -2.61. The molecule has 0 atom stereocenters. The molecule has 0 radical (unpaired) electrons. The first kappa shape index (κ1) is 19.2. The number of nitrogens with zero attached hydrogens (tertiary/aromatic N) is 2. The number of aliphatic hydroxyl groups excluding tert-OH is 2. The summed E-state index contributed by atoms with van der Waals surface area (Å²) in [7, 11) is 0. The van der Waals surface area contributed by atoms with Crippen LogP contribution in [0.15, 0.2) is 54.6 Å². The van der Waals surface area contributed by atoms with Crippen molar-refractivity contribution in [1.29, 1.82) is 0 Å². The molecule has 1 saturated heterocycles. The van der Waals surface area contributed by atoms with Gasteiger partial charge in [-0.2, -0.15) is 0 Å². The summed E-state index contributed by atoms with van der Waals surface area (Å²) in [6.45, 7) is 2.23. The number of carbonyl (C=O) groups excluding carboxylic acids is 1. The number of amides is 2. The predicted molar refractivity (Wildman–Crippen MR) is 103 cm³/mol. The number of para-hydroxylation sites is 1. The Kier molecular flexibility index (Phi) is 6.64. The van der Waals surface area contributed by atoms with Gasteiger partial charge in [0, 0.05) is 44.0 Å². The largest absolute Gasteiger partial charge is 0.457 e. The molecule has 0 unspecified atom stereocenters. The van der Waals surface area contributed by atoms with Crippen LogP contribution < -0.4 is 10.1 Å². The maximum absolute atomic E-state index is 12.4. The molecule has 27 heavy (non-hydrogen) atoms. The van der Waals surface area contributed by atoms with E-state index < -0.39 is 0 Å². The number of ether oxygens (including phenoxy) is 1. The van der Waals surface area contributed by atoms with Crippen LogP contribution in [0.2, 0.25) is 0 Å². The molecule has 1 fully saturated rings. The number of rotatable bonds is 8. The van der Waals surface area contributed by atoms with Gasteiger partial charge < -0.3 is 25.2 Å². The molecule has 2 aromatic rings. The van der Waals surface area contributed by atoms with Gasteiger partial charge in [0.1, 0.15) is 11.5 Å². The van der Waals surface area contributed by atoms with Crippen LogP contribution in [0.3, 0.4) is 0 Å². The molecule has 7 nitrogen and oxygen atoms in total. The molecule has 0 aromatic heterocycles. The highest BCUT2D eigenvalue weighted by Gasteiger charge is 2.34. The van der Waals surface area contributed by atoms with Crippen LogP contribution in [0.5, 0.6) is 11.5 Å². The van der Waals surface area contributed by atoms with Crippen molar-refractivity contribution in [3.63, 3.8) is 0 Å². The maximum atomic E-state index is 12.4. The van der Waals surface area contributed by atoms with E-state index in [1.165, 1.54) is 0 Å². The molecule has 1 heterocycles. The number of aliphatic hydroxyl groups is 2. The SMILES string of the molecule is O=C(Nc1cccc(Oc2ccccc2)c1)N1CC(N(CCO)CCO)C1. The third-order valence-corrected chi connectivity index (χ3v) is 4.50. The summed E-state index contributed by atoms with van der Waals surface area (Å²) in [5, 5.41) is 21.1. The van der Waals surface area contributed by atoms with Gasteiger partial charge in [0.15, 0.2) is 0 Å². The quantitative estimate of drug-likeness (QED) is 0.661. The van der Waals surface area contributed by atoms with Crippen molar-refractivity contribution in [2.24, 2.45) is 0 Å². The molecule has 0 aliphatic carbocycles. The zero-order chi connectivity index (χ0) is 19.1. The summed E-state index contributed by atoms with van der Waals surface area (Å²) < 4.78 is 5.78. The minimum Gasteiger partial charge on any atom is -0.457 e. The lowest BCUT2D eigenvalue weighted by molar-refractivity contribution is 0.0393. The van der Waals surface area contributed by atoms with Gasteiger partial charge in [-0.05, 0) is 24.3 Å². The number of hydrogen-bond acceptors (Lipinski definition) is 5. The van der Waals surface area contributed by atoms with Crippen LogP contribution >= 0.6 is 0 Å². The Morgan fingerprint density at radius 1 is 1.04 bits per heavy atom. The van der Waals surface area contributed by atoms with Crippen molar-refractivity contribution in [1.82, 2.24) is 9.80 Å². The molecular formula is C20H25N3O4. The van der Waals surface area contributed by atoms with Crippen LogP contribution in [-0.2, 0) is 0 Å². The smallest absolute Gasteiger partial charge is 0.321 e. The van der Waals surface area contributed by atoms with Crippen LogP contribution in [0.25, 0.3) is 0 Å². The van der Waals surface area contributed by atoms with Gasteiger partial charge in [0.25, 0.3) is 0 Å². The molecule has 1 aliphatic rings. The lowest BCUT2D eigenvalue weighted by Gasteiger charge is -2.45. The summed E-state index contributed by atoms with van der Waals surface area (Å²) in [6.07, 6.45) is 0. The fourth-order valence-electron chi connectivity index (χ4n) is 3.05. The summed E-state index contributed by atoms with van der Waals surface area (Å²) in [6, 6.07) is 16.7. The highest BCUT2D eigenvalue weighted by Crippen LogP contribution is 2.24. The van der Waals surface area contributed by atoms with Crippen molar-refractivity contribution in [3.05, 3.63) is 54.6 Å². The number of carbonyl (C=O) groups is 1. The first-order chi connectivity index (χ1) is 13.2. The number of hydrogen-bond donors (Lipinski definition) is 3. The van der Waals surface area contributed by atoms with Crippen molar-refractivity contribution >= 4 is 11.7 Å². The average molecular weight is 371 g/mol. The van der Waals surface area contributed by atoms with Crippen LogP contribution in [0.4, 0.5) is 10.5 Å². The standard InChI is InChI=1S/C20H25N3O4/c24-11-9-22(10-12-25)17-14-23(15-17)20(26)21-16-5-4-8-19(13-16)27-18-6-2-1-3-7-18/h1-8,13,17,24-25H,9-12,14-15H2,(H,21,26). The van der Waals surface area contributed by atoms with E-state index in [1.807, 2.05) is 53.4 Å².